The Bertz CT molecular complexity index is 908. The number of halogens is 1. The Balaban J connectivity index is 1.61. The van der Waals surface area contributed by atoms with Gasteiger partial charge in [-0.1, -0.05) is 35.9 Å². The topological polar surface area (TPSA) is 46.0 Å². The molecule has 5 heteroatoms. The Kier molecular flexibility index (Phi) is 5.60. The van der Waals surface area contributed by atoms with E-state index in [1.807, 2.05) is 25.1 Å². The van der Waals surface area contributed by atoms with E-state index < -0.39 is 0 Å². The van der Waals surface area contributed by atoms with Crippen molar-refractivity contribution in [3.63, 3.8) is 0 Å². The summed E-state index contributed by atoms with van der Waals surface area (Å²) in [6, 6.07) is 16.8. The van der Waals surface area contributed by atoms with E-state index in [4.69, 9.17) is 16.3 Å². The summed E-state index contributed by atoms with van der Waals surface area (Å²) in [7, 11) is 0. The van der Waals surface area contributed by atoms with Crippen molar-refractivity contribution in [2.45, 2.75) is 25.2 Å². The van der Waals surface area contributed by atoms with Crippen LogP contribution >= 0.6 is 11.6 Å². The quantitative estimate of drug-likeness (QED) is 0.656. The molecule has 0 aliphatic carbocycles. The lowest BCUT2D eigenvalue weighted by Gasteiger charge is -2.39. The second kappa shape index (κ2) is 8.29. The number of hydrogen-bond acceptors (Lipinski definition) is 4. The van der Waals surface area contributed by atoms with Gasteiger partial charge in [0.15, 0.2) is 0 Å². The van der Waals surface area contributed by atoms with Crippen LogP contribution in [-0.4, -0.2) is 19.7 Å². The van der Waals surface area contributed by atoms with Crippen LogP contribution in [0, 0.1) is 0 Å². The average molecular weight is 394 g/mol. The zero-order valence-corrected chi connectivity index (χ0v) is 16.7. The highest BCUT2D eigenvalue weighted by Crippen LogP contribution is 2.41. The molecule has 0 radical (unpaired) electrons. The summed E-state index contributed by atoms with van der Waals surface area (Å²) in [5.74, 6) is 0. The lowest BCUT2D eigenvalue weighted by molar-refractivity contribution is 0.280. The Morgan fingerprint density at radius 3 is 2.21 bits per heavy atom. The first-order valence-electron chi connectivity index (χ1n) is 9.65. The first-order valence-corrected chi connectivity index (χ1v) is 10.0. The van der Waals surface area contributed by atoms with Crippen LogP contribution in [0.2, 0.25) is 5.02 Å². The van der Waals surface area contributed by atoms with Gasteiger partial charge in [-0.25, -0.2) is 0 Å². The van der Waals surface area contributed by atoms with Crippen molar-refractivity contribution in [1.82, 2.24) is 5.32 Å². The molecule has 1 saturated heterocycles. The molecular formula is C23H24ClN3O. The number of azo groups is 1. The predicted molar refractivity (Wildman–Crippen MR) is 113 cm³/mol. The van der Waals surface area contributed by atoms with Gasteiger partial charge in [0.25, 0.3) is 0 Å². The largest absolute Gasteiger partial charge is 0.497 e. The van der Waals surface area contributed by atoms with Gasteiger partial charge in [0.1, 0.15) is 6.61 Å². The van der Waals surface area contributed by atoms with Gasteiger partial charge in [-0.2, -0.15) is 10.2 Å². The molecule has 0 aromatic heterocycles. The molecule has 0 spiro atoms. The molecule has 0 saturated carbocycles. The van der Waals surface area contributed by atoms with Gasteiger partial charge in [0.05, 0.1) is 17.6 Å². The minimum Gasteiger partial charge on any atom is -0.497 e. The zero-order valence-electron chi connectivity index (χ0n) is 16.0. The number of hydrogen-bond donors (Lipinski definition) is 1. The van der Waals surface area contributed by atoms with Crippen molar-refractivity contribution < 1.29 is 4.74 Å². The van der Waals surface area contributed by atoms with E-state index in [1.165, 1.54) is 11.1 Å². The normalized spacial score (nSPS) is 19.1. The van der Waals surface area contributed by atoms with Gasteiger partial charge in [0.2, 0.25) is 0 Å². The van der Waals surface area contributed by atoms with Gasteiger partial charge < -0.3 is 10.1 Å². The molecule has 4 nitrogen and oxygen atoms in total. The molecule has 0 unspecified atom stereocenters. The molecule has 2 heterocycles. The number of benzene rings is 2. The zero-order chi connectivity index (χ0) is 19.4. The van der Waals surface area contributed by atoms with Crippen LogP contribution in [0.5, 0.6) is 0 Å². The Morgan fingerprint density at radius 1 is 0.929 bits per heavy atom. The third-order valence-electron chi connectivity index (χ3n) is 5.58. The van der Waals surface area contributed by atoms with E-state index in [0.717, 1.165) is 47.9 Å². The van der Waals surface area contributed by atoms with E-state index in [0.29, 0.717) is 6.61 Å². The van der Waals surface area contributed by atoms with E-state index in [2.05, 4.69) is 51.9 Å². The van der Waals surface area contributed by atoms with Gasteiger partial charge in [0, 0.05) is 16.0 Å². The highest BCUT2D eigenvalue weighted by molar-refractivity contribution is 6.30. The maximum absolute atomic E-state index is 6.12. The minimum absolute atomic E-state index is 0.00801. The van der Waals surface area contributed by atoms with Crippen LogP contribution in [0.3, 0.4) is 0 Å². The molecule has 4 rings (SSSR count). The molecule has 1 fully saturated rings. The molecule has 2 aromatic rings. The molecule has 0 atom stereocenters. The van der Waals surface area contributed by atoms with Gasteiger partial charge >= 0.3 is 0 Å². The molecule has 2 aromatic carbocycles. The SMILES string of the molecule is CC1=COCC=C1N=Nc1ccc(C2(c3ccc(Cl)cc3)CCNCC2)cc1. The lowest BCUT2D eigenvalue weighted by atomic mass is 9.68. The van der Waals surface area contributed by atoms with E-state index in [9.17, 15) is 0 Å². The summed E-state index contributed by atoms with van der Waals surface area (Å²) < 4.78 is 5.25. The Hall–Kier alpha value is -2.43. The smallest absolute Gasteiger partial charge is 0.108 e. The van der Waals surface area contributed by atoms with E-state index in [-0.39, 0.29) is 5.41 Å². The van der Waals surface area contributed by atoms with Gasteiger partial charge in [-0.05, 0) is 74.3 Å². The first kappa shape index (κ1) is 18.9. The summed E-state index contributed by atoms with van der Waals surface area (Å²) in [5.41, 5.74) is 5.35. The number of rotatable bonds is 4. The van der Waals surface area contributed by atoms with Crippen LogP contribution in [0.4, 0.5) is 5.69 Å². The number of ether oxygens (including phenoxy) is 1. The molecular weight excluding hydrogens is 370 g/mol. The van der Waals surface area contributed by atoms with Crippen LogP contribution in [0.25, 0.3) is 0 Å². The third kappa shape index (κ3) is 3.89. The summed E-state index contributed by atoms with van der Waals surface area (Å²) in [4.78, 5) is 0. The third-order valence-corrected chi connectivity index (χ3v) is 5.84. The summed E-state index contributed by atoms with van der Waals surface area (Å²) in [5, 5.41) is 13.0. The first-order chi connectivity index (χ1) is 13.7. The number of allylic oxidation sites excluding steroid dienone is 1. The second-order valence-corrected chi connectivity index (χ2v) is 7.75. The standard InChI is InChI=1S/C23H24ClN3O/c1-17-16-28-15-10-22(17)27-26-21-8-4-19(5-9-21)23(11-13-25-14-12-23)18-2-6-20(24)7-3-18/h2-10,16,25H,11-15H2,1H3. The van der Waals surface area contributed by atoms with Gasteiger partial charge in [-0.15, -0.1) is 0 Å². The Morgan fingerprint density at radius 2 is 1.57 bits per heavy atom. The number of nitrogens with zero attached hydrogens (tertiary/aromatic N) is 2. The van der Waals surface area contributed by atoms with Crippen molar-refractivity contribution in [2.75, 3.05) is 19.7 Å². The van der Waals surface area contributed by atoms with Crippen LogP contribution in [-0.2, 0) is 10.2 Å². The molecule has 2 aliphatic rings. The fourth-order valence-electron chi connectivity index (χ4n) is 3.97. The summed E-state index contributed by atoms with van der Waals surface area (Å²) >= 11 is 6.12. The van der Waals surface area contributed by atoms with E-state index >= 15 is 0 Å². The average Bonchev–Trinajstić information content (AvgIpc) is 2.74. The van der Waals surface area contributed by atoms with Crippen LogP contribution in [0.1, 0.15) is 30.9 Å². The lowest BCUT2D eigenvalue weighted by Crippen LogP contribution is -2.40. The van der Waals surface area contributed by atoms with Crippen molar-refractivity contribution in [3.05, 3.63) is 88.3 Å². The second-order valence-electron chi connectivity index (χ2n) is 7.31. The molecule has 1 N–H and O–H groups in total. The summed E-state index contributed by atoms with van der Waals surface area (Å²) in [6.45, 7) is 4.53. The van der Waals surface area contributed by atoms with Crippen LogP contribution < -0.4 is 5.32 Å². The number of nitrogens with one attached hydrogen (secondary N) is 1. The molecule has 2 aliphatic heterocycles. The summed E-state index contributed by atoms with van der Waals surface area (Å²) in [6.07, 6.45) is 5.79. The molecule has 0 bridgehead atoms. The van der Waals surface area contributed by atoms with Crippen LogP contribution in [0.15, 0.2) is 82.4 Å². The fourth-order valence-corrected chi connectivity index (χ4v) is 4.09. The van der Waals surface area contributed by atoms with Crippen molar-refractivity contribution >= 4 is 17.3 Å². The Labute approximate surface area is 171 Å². The maximum atomic E-state index is 6.12. The van der Waals surface area contributed by atoms with Gasteiger partial charge in [-0.3, -0.25) is 0 Å². The highest BCUT2D eigenvalue weighted by atomic mass is 35.5. The van der Waals surface area contributed by atoms with E-state index in [1.54, 1.807) is 6.26 Å². The molecule has 28 heavy (non-hydrogen) atoms. The fraction of sp³-hybridized carbons (Fsp3) is 0.304. The number of piperidine rings is 1. The predicted octanol–water partition coefficient (Wildman–Crippen LogP) is 5.91. The van der Waals surface area contributed by atoms with Crippen molar-refractivity contribution in [3.8, 4) is 0 Å². The maximum Gasteiger partial charge on any atom is 0.108 e. The monoisotopic (exact) mass is 393 g/mol. The minimum atomic E-state index is 0.00801. The molecule has 144 valence electrons. The molecule has 0 amide bonds. The highest BCUT2D eigenvalue weighted by Gasteiger charge is 2.35. The van der Waals surface area contributed by atoms with Crippen molar-refractivity contribution in [2.24, 2.45) is 10.2 Å². The van der Waals surface area contributed by atoms with Crippen molar-refractivity contribution in [1.29, 1.82) is 0 Å².